The van der Waals surface area contributed by atoms with Gasteiger partial charge < -0.3 is 10.1 Å². The molecule has 0 unspecified atom stereocenters. The van der Waals surface area contributed by atoms with Gasteiger partial charge in [-0.05, 0) is 38.5 Å². The fraction of sp³-hybridized carbons (Fsp3) is 0.706. The number of piperidine rings is 1. The van der Waals surface area contributed by atoms with Crippen molar-refractivity contribution in [3.8, 4) is 5.88 Å². The van der Waals surface area contributed by atoms with Crippen LogP contribution in [0.4, 0.5) is 0 Å². The molecule has 1 saturated heterocycles. The number of ether oxygens (including phenoxy) is 1. The summed E-state index contributed by atoms with van der Waals surface area (Å²) in [7, 11) is -3.16. The second kappa shape index (κ2) is 8.30. The number of carbonyl (C=O) groups excluding carboxylic acids is 1. The lowest BCUT2D eigenvalue weighted by atomic mass is 9.91. The fourth-order valence-electron chi connectivity index (χ4n) is 3.61. The Morgan fingerprint density at radius 2 is 1.85 bits per heavy atom. The lowest BCUT2D eigenvalue weighted by Crippen LogP contribution is -2.46. The SMILES string of the molecule is CS(=O)(=O)N1CCC(C(=O)NC2CCC(Oc3cnccn3)CC2)CC1. The standard InChI is InChI=1S/C17H26N4O4S/c1-26(23,24)21-10-6-13(7-11-21)17(22)20-14-2-4-15(5-3-14)25-16-12-18-8-9-19-16/h8-9,12-15H,2-7,10-11H2,1H3,(H,20,22). The maximum Gasteiger partial charge on any atom is 0.232 e. The molecular weight excluding hydrogens is 356 g/mol. The van der Waals surface area contributed by atoms with Gasteiger partial charge in [-0.2, -0.15) is 0 Å². The van der Waals surface area contributed by atoms with Crippen LogP contribution in [0.1, 0.15) is 38.5 Å². The van der Waals surface area contributed by atoms with Gasteiger partial charge in [-0.25, -0.2) is 17.7 Å². The lowest BCUT2D eigenvalue weighted by molar-refractivity contribution is -0.127. The van der Waals surface area contributed by atoms with Crippen molar-refractivity contribution < 1.29 is 17.9 Å². The maximum atomic E-state index is 12.5. The van der Waals surface area contributed by atoms with E-state index in [-0.39, 0.29) is 24.0 Å². The van der Waals surface area contributed by atoms with Crippen molar-refractivity contribution in [1.29, 1.82) is 0 Å². The summed E-state index contributed by atoms with van der Waals surface area (Å²) in [6.07, 6.45) is 10.8. The maximum absolute atomic E-state index is 12.5. The smallest absolute Gasteiger partial charge is 0.232 e. The summed E-state index contributed by atoms with van der Waals surface area (Å²) in [6, 6.07) is 0.164. The third-order valence-corrected chi connectivity index (χ3v) is 6.44. The third-order valence-electron chi connectivity index (χ3n) is 5.14. The molecule has 1 saturated carbocycles. The molecule has 1 aliphatic heterocycles. The van der Waals surface area contributed by atoms with Gasteiger partial charge in [0.05, 0.1) is 12.5 Å². The predicted octanol–water partition coefficient (Wildman–Crippen LogP) is 0.954. The number of sulfonamides is 1. The van der Waals surface area contributed by atoms with Crippen LogP contribution in [0.15, 0.2) is 18.6 Å². The number of hydrogen-bond donors (Lipinski definition) is 1. The molecule has 2 heterocycles. The second-order valence-electron chi connectivity index (χ2n) is 7.08. The van der Waals surface area contributed by atoms with Crippen molar-refractivity contribution in [2.75, 3.05) is 19.3 Å². The molecule has 1 aromatic rings. The van der Waals surface area contributed by atoms with Crippen LogP contribution in [0, 0.1) is 5.92 Å². The van der Waals surface area contributed by atoms with Gasteiger partial charge >= 0.3 is 0 Å². The van der Waals surface area contributed by atoms with Crippen LogP contribution in [0.2, 0.25) is 0 Å². The topological polar surface area (TPSA) is 101 Å². The van der Waals surface area contributed by atoms with Gasteiger partial charge in [-0.3, -0.25) is 9.78 Å². The van der Waals surface area contributed by atoms with Crippen molar-refractivity contribution in [3.63, 3.8) is 0 Å². The normalized spacial score (nSPS) is 25.6. The summed E-state index contributed by atoms with van der Waals surface area (Å²) in [6.45, 7) is 0.852. The average molecular weight is 382 g/mol. The van der Waals surface area contributed by atoms with Crippen LogP contribution >= 0.6 is 0 Å². The monoisotopic (exact) mass is 382 g/mol. The number of nitrogens with one attached hydrogen (secondary N) is 1. The van der Waals surface area contributed by atoms with Crippen molar-refractivity contribution >= 4 is 15.9 Å². The van der Waals surface area contributed by atoms with Crippen LogP contribution in [0.5, 0.6) is 5.88 Å². The van der Waals surface area contributed by atoms with E-state index in [9.17, 15) is 13.2 Å². The van der Waals surface area contributed by atoms with Crippen LogP contribution in [0.25, 0.3) is 0 Å². The minimum atomic E-state index is -3.16. The Morgan fingerprint density at radius 3 is 2.42 bits per heavy atom. The summed E-state index contributed by atoms with van der Waals surface area (Å²) in [4.78, 5) is 20.6. The molecule has 2 fully saturated rings. The Hall–Kier alpha value is -1.74. The van der Waals surface area contributed by atoms with E-state index in [4.69, 9.17) is 4.74 Å². The van der Waals surface area contributed by atoms with E-state index in [1.807, 2.05) is 0 Å². The van der Waals surface area contributed by atoms with E-state index >= 15 is 0 Å². The molecule has 2 aliphatic rings. The quantitative estimate of drug-likeness (QED) is 0.814. The lowest BCUT2D eigenvalue weighted by Gasteiger charge is -2.32. The zero-order valence-corrected chi connectivity index (χ0v) is 15.8. The van der Waals surface area contributed by atoms with E-state index in [0.29, 0.717) is 31.8 Å². The highest BCUT2D eigenvalue weighted by atomic mass is 32.2. The van der Waals surface area contributed by atoms with Gasteiger partial charge in [0.15, 0.2) is 0 Å². The minimum absolute atomic E-state index is 0.0523. The first-order chi connectivity index (χ1) is 12.4. The van der Waals surface area contributed by atoms with Crippen molar-refractivity contribution in [2.24, 2.45) is 5.92 Å². The second-order valence-corrected chi connectivity index (χ2v) is 9.06. The van der Waals surface area contributed by atoms with Crippen molar-refractivity contribution in [1.82, 2.24) is 19.6 Å². The van der Waals surface area contributed by atoms with Gasteiger partial charge in [-0.1, -0.05) is 0 Å². The zero-order valence-electron chi connectivity index (χ0n) is 15.0. The first kappa shape index (κ1) is 19.0. The molecular formula is C17H26N4O4S. The Balaban J connectivity index is 1.40. The molecule has 0 aromatic carbocycles. The van der Waals surface area contributed by atoms with Gasteiger partial charge in [0, 0.05) is 37.4 Å². The summed E-state index contributed by atoms with van der Waals surface area (Å²) >= 11 is 0. The van der Waals surface area contributed by atoms with Gasteiger partial charge in [0.25, 0.3) is 0 Å². The van der Waals surface area contributed by atoms with Crippen LogP contribution in [0.3, 0.4) is 0 Å². The molecule has 1 N–H and O–H groups in total. The predicted molar refractivity (Wildman–Crippen MR) is 96.0 cm³/mol. The van der Waals surface area contributed by atoms with Crippen LogP contribution in [-0.4, -0.2) is 60.1 Å². The highest BCUT2D eigenvalue weighted by molar-refractivity contribution is 7.88. The summed E-state index contributed by atoms with van der Waals surface area (Å²) < 4.78 is 30.4. The molecule has 1 amide bonds. The largest absolute Gasteiger partial charge is 0.473 e. The molecule has 144 valence electrons. The van der Waals surface area contributed by atoms with E-state index in [0.717, 1.165) is 25.7 Å². The molecule has 0 bridgehead atoms. The van der Waals surface area contributed by atoms with Gasteiger partial charge in [0.1, 0.15) is 6.10 Å². The molecule has 0 atom stereocenters. The highest BCUT2D eigenvalue weighted by Gasteiger charge is 2.31. The molecule has 1 aromatic heterocycles. The highest BCUT2D eigenvalue weighted by Crippen LogP contribution is 2.24. The number of aromatic nitrogens is 2. The van der Waals surface area contributed by atoms with E-state index in [2.05, 4.69) is 15.3 Å². The minimum Gasteiger partial charge on any atom is -0.473 e. The Labute approximate surface area is 154 Å². The number of amides is 1. The number of nitrogens with zero attached hydrogens (tertiary/aromatic N) is 3. The molecule has 26 heavy (non-hydrogen) atoms. The van der Waals surface area contributed by atoms with Gasteiger partial charge in [-0.15, -0.1) is 0 Å². The first-order valence-electron chi connectivity index (χ1n) is 9.10. The fourth-order valence-corrected chi connectivity index (χ4v) is 4.48. The molecule has 1 aliphatic carbocycles. The van der Waals surface area contributed by atoms with E-state index in [1.54, 1.807) is 18.6 Å². The molecule has 0 spiro atoms. The Bertz CT molecular complexity index is 697. The third kappa shape index (κ3) is 5.14. The van der Waals surface area contributed by atoms with Gasteiger partial charge in [0.2, 0.25) is 21.8 Å². The first-order valence-corrected chi connectivity index (χ1v) is 10.9. The van der Waals surface area contributed by atoms with Crippen molar-refractivity contribution in [2.45, 2.75) is 50.7 Å². The van der Waals surface area contributed by atoms with E-state index in [1.165, 1.54) is 10.6 Å². The number of carbonyl (C=O) groups is 1. The van der Waals surface area contributed by atoms with Crippen molar-refractivity contribution in [3.05, 3.63) is 18.6 Å². The number of rotatable bonds is 5. The molecule has 3 rings (SSSR count). The number of hydrogen-bond acceptors (Lipinski definition) is 6. The zero-order chi connectivity index (χ0) is 18.6. The summed E-state index contributed by atoms with van der Waals surface area (Å²) in [5.41, 5.74) is 0. The average Bonchev–Trinajstić information content (AvgIpc) is 2.63. The Morgan fingerprint density at radius 1 is 1.15 bits per heavy atom. The summed E-state index contributed by atoms with van der Waals surface area (Å²) in [5, 5.41) is 3.14. The molecule has 9 heteroatoms. The van der Waals surface area contributed by atoms with E-state index < -0.39 is 10.0 Å². The molecule has 8 nitrogen and oxygen atoms in total. The Kier molecular flexibility index (Phi) is 6.08. The van der Waals surface area contributed by atoms with Crippen LogP contribution in [-0.2, 0) is 14.8 Å². The van der Waals surface area contributed by atoms with Crippen LogP contribution < -0.4 is 10.1 Å². The summed E-state index contributed by atoms with van der Waals surface area (Å²) in [5.74, 6) is 0.496. The molecule has 0 radical (unpaired) electrons.